The molecule has 0 bridgehead atoms. The first-order valence-corrected chi connectivity index (χ1v) is 13.3. The van der Waals surface area contributed by atoms with E-state index in [0.29, 0.717) is 10.6 Å². The highest BCUT2D eigenvalue weighted by Crippen LogP contribution is 2.50. The van der Waals surface area contributed by atoms with E-state index in [0.717, 1.165) is 5.75 Å². The fourth-order valence-corrected chi connectivity index (χ4v) is 6.05. The SMILES string of the molecule is COc1c(C(C)(C)C)cccc1C(C)(C)C1=CC([Si](C)(C)C(C)(C)C)C=C1. The zero-order chi connectivity index (χ0) is 20.8. The second-order valence-corrected chi connectivity index (χ2v) is 16.9. The lowest BCUT2D eigenvalue weighted by atomic mass is 9.74. The van der Waals surface area contributed by atoms with Crippen LogP contribution in [-0.2, 0) is 10.8 Å². The summed E-state index contributed by atoms with van der Waals surface area (Å²) >= 11 is 0. The van der Waals surface area contributed by atoms with Crippen LogP contribution in [0, 0.1) is 0 Å². The number of allylic oxidation sites excluding steroid dienone is 4. The zero-order valence-electron chi connectivity index (χ0n) is 19.4. The van der Waals surface area contributed by atoms with Crippen LogP contribution in [0.15, 0.2) is 42.0 Å². The van der Waals surface area contributed by atoms with E-state index < -0.39 is 8.07 Å². The largest absolute Gasteiger partial charge is 0.496 e. The lowest BCUT2D eigenvalue weighted by Crippen LogP contribution is -2.40. The molecule has 2 heteroatoms. The van der Waals surface area contributed by atoms with Crippen molar-refractivity contribution in [1.29, 1.82) is 0 Å². The van der Waals surface area contributed by atoms with Crippen LogP contribution in [-0.4, -0.2) is 15.2 Å². The van der Waals surface area contributed by atoms with Crippen LogP contribution in [0.1, 0.15) is 66.5 Å². The molecule has 1 atom stereocenters. The summed E-state index contributed by atoms with van der Waals surface area (Å²) in [7, 11) is 0.356. The third-order valence-corrected chi connectivity index (χ3v) is 12.9. The third-order valence-electron chi connectivity index (χ3n) is 7.03. The van der Waals surface area contributed by atoms with E-state index in [2.05, 4.69) is 105 Å². The van der Waals surface area contributed by atoms with Crippen molar-refractivity contribution in [3.63, 3.8) is 0 Å². The number of ether oxygens (including phenoxy) is 1. The Labute approximate surface area is 168 Å². The number of para-hydroxylation sites is 1. The highest BCUT2D eigenvalue weighted by atomic mass is 28.3. The summed E-state index contributed by atoms with van der Waals surface area (Å²) in [6.45, 7) is 23.7. The number of hydrogen-bond donors (Lipinski definition) is 0. The van der Waals surface area contributed by atoms with Crippen molar-refractivity contribution in [3.05, 3.63) is 53.1 Å². The van der Waals surface area contributed by atoms with E-state index in [-0.39, 0.29) is 10.8 Å². The van der Waals surface area contributed by atoms with E-state index in [9.17, 15) is 0 Å². The number of rotatable bonds is 4. The summed E-state index contributed by atoms with van der Waals surface area (Å²) in [5, 5.41) is 0.377. The van der Waals surface area contributed by atoms with Gasteiger partial charge < -0.3 is 4.74 Å². The molecular formula is C25H40OSi. The molecule has 0 aromatic heterocycles. The molecule has 2 rings (SSSR count). The summed E-state index contributed by atoms with van der Waals surface area (Å²) in [4.78, 5) is 0. The number of hydrogen-bond acceptors (Lipinski definition) is 1. The van der Waals surface area contributed by atoms with Crippen LogP contribution in [0.3, 0.4) is 0 Å². The maximum absolute atomic E-state index is 5.95. The molecule has 1 aromatic rings. The second kappa shape index (κ2) is 6.95. The number of methoxy groups -OCH3 is 1. The smallest absolute Gasteiger partial charge is 0.126 e. The molecule has 0 fully saturated rings. The van der Waals surface area contributed by atoms with Gasteiger partial charge in [0.25, 0.3) is 0 Å². The summed E-state index contributed by atoms with van der Waals surface area (Å²) in [5.41, 5.74) is 4.54. The van der Waals surface area contributed by atoms with Crippen molar-refractivity contribution in [2.24, 2.45) is 0 Å². The van der Waals surface area contributed by atoms with Gasteiger partial charge in [-0.2, -0.15) is 0 Å². The predicted octanol–water partition coefficient (Wildman–Crippen LogP) is 7.65. The van der Waals surface area contributed by atoms with Gasteiger partial charge in [-0.1, -0.05) is 105 Å². The first-order chi connectivity index (χ1) is 12.1. The van der Waals surface area contributed by atoms with Gasteiger partial charge in [0, 0.05) is 11.0 Å². The summed E-state index contributed by atoms with van der Waals surface area (Å²) in [6, 6.07) is 6.63. The molecule has 1 aliphatic rings. The van der Waals surface area contributed by atoms with Gasteiger partial charge in [0.15, 0.2) is 0 Å². The molecule has 1 aromatic carbocycles. The third kappa shape index (κ3) is 3.97. The second-order valence-electron chi connectivity index (χ2n) is 11.2. The van der Waals surface area contributed by atoms with Crippen LogP contribution in [0.25, 0.3) is 0 Å². The van der Waals surface area contributed by atoms with E-state index >= 15 is 0 Å². The quantitative estimate of drug-likeness (QED) is 0.484. The van der Waals surface area contributed by atoms with Crippen molar-refractivity contribution >= 4 is 8.07 Å². The van der Waals surface area contributed by atoms with Crippen LogP contribution in [0.4, 0.5) is 0 Å². The Kier molecular flexibility index (Phi) is 5.67. The van der Waals surface area contributed by atoms with Crippen LogP contribution >= 0.6 is 0 Å². The van der Waals surface area contributed by atoms with Crippen molar-refractivity contribution in [2.45, 2.75) is 89.9 Å². The summed E-state index contributed by atoms with van der Waals surface area (Å²) in [5.74, 6) is 1.04. The Bertz CT molecular complexity index is 752. The molecule has 150 valence electrons. The Hall–Kier alpha value is -1.28. The van der Waals surface area contributed by atoms with Crippen molar-refractivity contribution in [2.75, 3.05) is 7.11 Å². The molecule has 1 unspecified atom stereocenters. The molecular weight excluding hydrogens is 344 g/mol. The van der Waals surface area contributed by atoms with Crippen LogP contribution in [0.5, 0.6) is 5.75 Å². The minimum Gasteiger partial charge on any atom is -0.496 e. The summed E-state index contributed by atoms with van der Waals surface area (Å²) in [6.07, 6.45) is 7.36. The van der Waals surface area contributed by atoms with Crippen molar-refractivity contribution < 1.29 is 4.74 Å². The van der Waals surface area contributed by atoms with Crippen molar-refractivity contribution in [3.8, 4) is 5.75 Å². The van der Waals surface area contributed by atoms with Gasteiger partial charge in [0.2, 0.25) is 0 Å². The van der Waals surface area contributed by atoms with E-state index in [1.807, 2.05) is 0 Å². The lowest BCUT2D eigenvalue weighted by Gasteiger charge is -2.40. The molecule has 0 aliphatic heterocycles. The van der Waals surface area contributed by atoms with Gasteiger partial charge in [-0.15, -0.1) is 0 Å². The molecule has 0 saturated heterocycles. The molecule has 0 saturated carbocycles. The maximum Gasteiger partial charge on any atom is 0.126 e. The van der Waals surface area contributed by atoms with Gasteiger partial charge in [-0.05, 0) is 27.1 Å². The zero-order valence-corrected chi connectivity index (χ0v) is 20.4. The molecule has 0 amide bonds. The minimum absolute atomic E-state index is 0.0566. The first-order valence-electron chi connectivity index (χ1n) is 10.2. The Morgan fingerprint density at radius 3 is 1.93 bits per heavy atom. The highest BCUT2D eigenvalue weighted by molar-refractivity contribution is 6.82. The predicted molar refractivity (Wildman–Crippen MR) is 123 cm³/mol. The fraction of sp³-hybridized carbons (Fsp3) is 0.600. The topological polar surface area (TPSA) is 9.23 Å². The molecule has 0 heterocycles. The van der Waals surface area contributed by atoms with E-state index in [1.165, 1.54) is 16.7 Å². The van der Waals surface area contributed by atoms with E-state index in [4.69, 9.17) is 4.74 Å². The van der Waals surface area contributed by atoms with Gasteiger partial charge in [-0.25, -0.2) is 0 Å². The van der Waals surface area contributed by atoms with Gasteiger partial charge >= 0.3 is 0 Å². The molecule has 0 spiro atoms. The molecule has 1 nitrogen and oxygen atoms in total. The minimum atomic E-state index is -1.45. The number of benzene rings is 1. The summed E-state index contributed by atoms with van der Waals surface area (Å²) < 4.78 is 5.95. The lowest BCUT2D eigenvalue weighted by molar-refractivity contribution is 0.384. The molecule has 1 aliphatic carbocycles. The maximum atomic E-state index is 5.95. The average molecular weight is 385 g/mol. The van der Waals surface area contributed by atoms with Gasteiger partial charge in [0.05, 0.1) is 15.2 Å². The van der Waals surface area contributed by atoms with E-state index in [1.54, 1.807) is 7.11 Å². The van der Waals surface area contributed by atoms with Gasteiger partial charge in [-0.3, -0.25) is 0 Å². The fourth-order valence-electron chi connectivity index (χ4n) is 3.87. The van der Waals surface area contributed by atoms with Crippen LogP contribution < -0.4 is 4.74 Å². The molecule has 0 radical (unpaired) electrons. The standard InChI is InChI=1S/C25H40OSi/c1-23(2,3)20-13-12-14-21(22(20)26-9)25(7,8)18-15-16-19(17-18)27(10,11)24(4,5)6/h12-17,19H,1-11H3. The first kappa shape index (κ1) is 22.0. The highest BCUT2D eigenvalue weighted by Gasteiger charge is 2.42. The molecule has 27 heavy (non-hydrogen) atoms. The average Bonchev–Trinajstić information content (AvgIpc) is 3.03. The normalized spacial score (nSPS) is 18.6. The Morgan fingerprint density at radius 1 is 0.889 bits per heavy atom. The molecule has 0 N–H and O–H groups in total. The van der Waals surface area contributed by atoms with Gasteiger partial charge in [0.1, 0.15) is 5.75 Å². The van der Waals surface area contributed by atoms with Crippen LogP contribution in [0.2, 0.25) is 23.7 Å². The Balaban J connectivity index is 2.52. The monoisotopic (exact) mass is 384 g/mol. The van der Waals surface area contributed by atoms with Crippen molar-refractivity contribution in [1.82, 2.24) is 0 Å². The Morgan fingerprint density at radius 2 is 1.44 bits per heavy atom.